The predicted octanol–water partition coefficient (Wildman–Crippen LogP) is 3.64. The van der Waals surface area contributed by atoms with E-state index in [4.69, 9.17) is 9.72 Å². The topological polar surface area (TPSA) is 103 Å². The average Bonchev–Trinajstić information content (AvgIpc) is 3.44. The molecule has 12 heteroatoms. The SMILES string of the molecule is CC[C@@]1(O)C(=O)OCc2c1cc1n(c2=O)Cc2c-1nc1cc(F)c(C)c3c1c2[C@@H](Nc1cccc(C[N+]24CN5CN(CN(C5)C2)C4)c1)CC3. The fourth-order valence-electron chi connectivity index (χ4n) is 9.85. The maximum Gasteiger partial charge on any atom is 0.343 e. The van der Waals surface area contributed by atoms with Gasteiger partial charge in [-0.3, -0.25) is 9.28 Å². The zero-order valence-electron chi connectivity index (χ0n) is 27.8. The molecule has 11 nitrogen and oxygen atoms in total. The number of quaternary nitrogens is 1. The normalized spacial score (nSPS) is 30.2. The van der Waals surface area contributed by atoms with Crippen molar-refractivity contribution in [2.75, 3.05) is 45.3 Å². The molecule has 0 spiro atoms. The van der Waals surface area contributed by atoms with E-state index in [2.05, 4.69) is 44.3 Å². The number of carbonyl (C=O) groups excluding carboxylic acids is 1. The summed E-state index contributed by atoms with van der Waals surface area (Å²) >= 11 is 0. The Morgan fingerprint density at radius 2 is 1.82 bits per heavy atom. The van der Waals surface area contributed by atoms with Crippen LogP contribution in [0.4, 0.5) is 10.1 Å². The molecule has 2 N–H and O–H groups in total. The van der Waals surface area contributed by atoms with Crippen LogP contribution in [0.5, 0.6) is 0 Å². The summed E-state index contributed by atoms with van der Waals surface area (Å²) in [6.07, 6.45) is 1.53. The van der Waals surface area contributed by atoms with Crippen LogP contribution in [-0.4, -0.2) is 79.8 Å². The summed E-state index contributed by atoms with van der Waals surface area (Å²) in [6, 6.07) is 11.9. The molecule has 8 heterocycles. The summed E-state index contributed by atoms with van der Waals surface area (Å²) in [7, 11) is 0. The summed E-state index contributed by atoms with van der Waals surface area (Å²) in [6.45, 7) is 11.0. The van der Waals surface area contributed by atoms with Crippen molar-refractivity contribution in [3.8, 4) is 11.4 Å². The van der Waals surface area contributed by atoms with Crippen molar-refractivity contribution in [1.29, 1.82) is 0 Å². The molecule has 252 valence electrons. The monoisotopic (exact) mass is 664 g/mol. The van der Waals surface area contributed by atoms with Gasteiger partial charge in [0.1, 0.15) is 39.0 Å². The average molecular weight is 665 g/mol. The van der Waals surface area contributed by atoms with Gasteiger partial charge < -0.3 is 19.7 Å². The first kappa shape index (κ1) is 29.7. The van der Waals surface area contributed by atoms with Crippen LogP contribution >= 0.6 is 0 Å². The second-order valence-electron chi connectivity index (χ2n) is 15.1. The Bertz CT molecular complexity index is 2160. The second-order valence-corrected chi connectivity index (χ2v) is 15.1. The number of hydrogen-bond acceptors (Lipinski definition) is 9. The quantitative estimate of drug-likeness (QED) is 0.216. The fourth-order valence-corrected chi connectivity index (χ4v) is 9.85. The van der Waals surface area contributed by atoms with E-state index in [0.717, 1.165) is 85.2 Å². The molecule has 4 aromatic rings. The lowest BCUT2D eigenvalue weighted by molar-refractivity contribution is -0.991. The maximum absolute atomic E-state index is 15.4. The highest BCUT2D eigenvalue weighted by Gasteiger charge is 2.49. The lowest BCUT2D eigenvalue weighted by Crippen LogP contribution is -2.78. The van der Waals surface area contributed by atoms with Crippen molar-refractivity contribution < 1.29 is 23.5 Å². The number of cyclic esters (lactones) is 1. The van der Waals surface area contributed by atoms with Crippen molar-refractivity contribution in [3.63, 3.8) is 0 Å². The van der Waals surface area contributed by atoms with Gasteiger partial charge in [0.25, 0.3) is 5.56 Å². The molecule has 49 heavy (non-hydrogen) atoms. The molecule has 7 aliphatic rings. The van der Waals surface area contributed by atoms with Crippen LogP contribution in [0.3, 0.4) is 0 Å². The molecule has 0 unspecified atom stereocenters. The van der Waals surface area contributed by atoms with Crippen LogP contribution < -0.4 is 10.9 Å². The van der Waals surface area contributed by atoms with Crippen LogP contribution in [-0.2, 0) is 41.2 Å². The van der Waals surface area contributed by atoms with E-state index in [9.17, 15) is 14.7 Å². The number of aliphatic hydroxyl groups is 1. The van der Waals surface area contributed by atoms with Crippen LogP contribution in [0, 0.1) is 12.7 Å². The van der Waals surface area contributed by atoms with E-state index in [-0.39, 0.29) is 41.6 Å². The van der Waals surface area contributed by atoms with E-state index in [0.29, 0.717) is 35.4 Å². The molecular weight excluding hydrogens is 625 g/mol. The molecule has 1 aliphatic carbocycles. The van der Waals surface area contributed by atoms with Crippen molar-refractivity contribution in [3.05, 3.63) is 91.5 Å². The van der Waals surface area contributed by atoms with E-state index in [1.165, 1.54) is 11.6 Å². The van der Waals surface area contributed by atoms with E-state index < -0.39 is 11.6 Å². The van der Waals surface area contributed by atoms with Gasteiger partial charge in [0.2, 0.25) is 0 Å². The molecule has 6 aliphatic heterocycles. The summed E-state index contributed by atoms with van der Waals surface area (Å²) in [4.78, 5) is 39.3. The highest BCUT2D eigenvalue weighted by atomic mass is 19.1. The van der Waals surface area contributed by atoms with Gasteiger partial charge >= 0.3 is 5.97 Å². The van der Waals surface area contributed by atoms with Crippen LogP contribution in [0.2, 0.25) is 0 Å². The predicted molar refractivity (Wildman–Crippen MR) is 179 cm³/mol. The van der Waals surface area contributed by atoms with Gasteiger partial charge in [0, 0.05) is 33.8 Å². The van der Waals surface area contributed by atoms with Gasteiger partial charge in [0.05, 0.1) is 55.1 Å². The first-order valence-corrected chi connectivity index (χ1v) is 17.3. The standard InChI is InChI=1S/C37H39FN7O4/c1-3-37(48)27-10-31-34-25(12-44(31)35(46)26(27)14-49-36(37)47)33-29(8-7-24-21(2)28(38)11-30(40-34)32(24)33)39-23-6-4-5-22(9-23)13-45-18-41-15-42(19-45)17-43(16-41)20-45/h4-6,9-11,29,39,48H,3,7-8,12-20H2,1-2H3/q+1/t29-,37-/m0/s1. The number of pyridine rings is 2. The Morgan fingerprint density at radius 3 is 2.55 bits per heavy atom. The number of benzene rings is 2. The number of aromatic nitrogens is 2. The third kappa shape index (κ3) is 4.21. The molecular formula is C37H39FN7O4+. The van der Waals surface area contributed by atoms with Gasteiger partial charge in [-0.2, -0.15) is 0 Å². The molecule has 0 radical (unpaired) electrons. The molecule has 2 aromatic carbocycles. The summed E-state index contributed by atoms with van der Waals surface area (Å²) < 4.78 is 23.3. The highest BCUT2D eigenvalue weighted by molar-refractivity contribution is 5.93. The Balaban J connectivity index is 1.07. The van der Waals surface area contributed by atoms with Crippen LogP contribution in [0.1, 0.15) is 64.8 Å². The summed E-state index contributed by atoms with van der Waals surface area (Å²) in [5.41, 5.74) is 5.91. The first-order valence-electron chi connectivity index (χ1n) is 17.3. The smallest absolute Gasteiger partial charge is 0.343 e. The lowest BCUT2D eigenvalue weighted by Gasteiger charge is -2.60. The number of nitrogens with zero attached hydrogens (tertiary/aromatic N) is 6. The number of esters is 1. The van der Waals surface area contributed by atoms with Gasteiger partial charge in [-0.05, 0) is 61.1 Å². The molecule has 0 amide bonds. The van der Waals surface area contributed by atoms with Crippen LogP contribution in [0.25, 0.3) is 22.3 Å². The number of aryl methyl sites for hydroxylation is 1. The molecule has 0 saturated carbocycles. The minimum Gasteiger partial charge on any atom is -0.458 e. The van der Waals surface area contributed by atoms with Crippen molar-refractivity contribution >= 4 is 22.6 Å². The Morgan fingerprint density at radius 1 is 1.06 bits per heavy atom. The summed E-state index contributed by atoms with van der Waals surface area (Å²) in [5.74, 6) is -1.05. The Kier molecular flexibility index (Phi) is 6.17. The molecule has 2 atom stereocenters. The number of rotatable bonds is 5. The number of nitrogens with one attached hydrogen (secondary N) is 1. The molecule has 4 saturated heterocycles. The van der Waals surface area contributed by atoms with Gasteiger partial charge in [-0.15, -0.1) is 0 Å². The number of halogens is 1. The van der Waals surface area contributed by atoms with Crippen molar-refractivity contribution in [1.82, 2.24) is 24.3 Å². The number of hydrogen-bond donors (Lipinski definition) is 2. The van der Waals surface area contributed by atoms with E-state index in [1.807, 2.05) is 6.92 Å². The van der Waals surface area contributed by atoms with Gasteiger partial charge in [-0.1, -0.05) is 19.1 Å². The molecule has 4 fully saturated rings. The van der Waals surface area contributed by atoms with Gasteiger partial charge in [0.15, 0.2) is 5.60 Å². The maximum atomic E-state index is 15.4. The molecule has 11 rings (SSSR count). The van der Waals surface area contributed by atoms with E-state index >= 15 is 4.39 Å². The third-order valence-electron chi connectivity index (χ3n) is 11.9. The molecule has 2 aromatic heterocycles. The number of ether oxygens (including phenoxy) is 1. The minimum atomic E-state index is -1.91. The van der Waals surface area contributed by atoms with E-state index in [1.54, 1.807) is 17.6 Å². The Hall–Kier alpha value is -4.20. The number of fused-ring (bicyclic) bond motifs is 5. The van der Waals surface area contributed by atoms with Crippen molar-refractivity contribution in [2.45, 2.75) is 64.4 Å². The number of anilines is 1. The third-order valence-corrected chi connectivity index (χ3v) is 11.9. The van der Waals surface area contributed by atoms with Crippen LogP contribution in [0.15, 0.2) is 41.2 Å². The number of carbonyl (C=O) groups is 1. The highest BCUT2D eigenvalue weighted by Crippen LogP contribution is 2.47. The Labute approximate surface area is 282 Å². The first-order chi connectivity index (χ1) is 23.6. The zero-order chi connectivity index (χ0) is 33.4. The fraction of sp³-hybridized carbons (Fsp3) is 0.432. The zero-order valence-corrected chi connectivity index (χ0v) is 27.8. The van der Waals surface area contributed by atoms with Crippen molar-refractivity contribution in [2.24, 2.45) is 0 Å². The summed E-state index contributed by atoms with van der Waals surface area (Å²) in [5, 5.41) is 16.2. The largest absolute Gasteiger partial charge is 0.458 e. The lowest BCUT2D eigenvalue weighted by atomic mass is 9.81. The molecule has 4 bridgehead atoms. The second kappa shape index (κ2) is 10.2. The minimum absolute atomic E-state index is 0.0681. The van der Waals surface area contributed by atoms with Gasteiger partial charge in [-0.25, -0.2) is 28.9 Å².